The van der Waals surface area contributed by atoms with Crippen molar-refractivity contribution in [3.63, 3.8) is 0 Å². The summed E-state index contributed by atoms with van der Waals surface area (Å²) in [6.45, 7) is 5.47. The van der Waals surface area contributed by atoms with Crippen LogP contribution in [0.3, 0.4) is 0 Å². The first-order valence-electron chi connectivity index (χ1n) is 8.97. The Hall–Kier alpha value is -2.42. The van der Waals surface area contributed by atoms with E-state index < -0.39 is 5.91 Å². The van der Waals surface area contributed by atoms with Crippen molar-refractivity contribution in [2.45, 2.75) is 26.8 Å². The Labute approximate surface area is 191 Å². The maximum atomic E-state index is 13.1. The summed E-state index contributed by atoms with van der Waals surface area (Å²) in [6.07, 6.45) is 1.57. The van der Waals surface area contributed by atoms with E-state index in [0.717, 1.165) is 0 Å². The van der Waals surface area contributed by atoms with Crippen LogP contribution < -0.4 is 10.6 Å². The molecule has 7 nitrogen and oxygen atoms in total. The summed E-state index contributed by atoms with van der Waals surface area (Å²) in [4.78, 5) is 30.0. The third-order valence-electron chi connectivity index (χ3n) is 4.07. The number of halogens is 3. The molecule has 0 radical (unpaired) electrons. The number of pyridine rings is 1. The molecule has 3 rings (SSSR count). The average molecular weight is 512 g/mol. The van der Waals surface area contributed by atoms with Crippen LogP contribution in [0.2, 0.25) is 10.0 Å². The molecule has 0 unspecified atom stereocenters. The number of hydrogen-bond donors (Lipinski definition) is 2. The van der Waals surface area contributed by atoms with Gasteiger partial charge in [0.05, 0.1) is 11.3 Å². The van der Waals surface area contributed by atoms with Gasteiger partial charge in [-0.2, -0.15) is 5.10 Å². The normalized spacial score (nSPS) is 10.9. The predicted molar refractivity (Wildman–Crippen MR) is 116 cm³/mol. The second-order valence-electron chi connectivity index (χ2n) is 6.82. The zero-order valence-corrected chi connectivity index (χ0v) is 19.5. The van der Waals surface area contributed by atoms with Gasteiger partial charge in [-0.25, -0.2) is 9.67 Å². The van der Waals surface area contributed by atoms with Gasteiger partial charge in [-0.05, 0) is 60.5 Å². The Balaban J connectivity index is 2.02. The number of nitrogens with zero attached hydrogens (tertiary/aromatic N) is 3. The van der Waals surface area contributed by atoms with Gasteiger partial charge in [-0.1, -0.05) is 11.6 Å². The second kappa shape index (κ2) is 9.16. The number of carbonyl (C=O) groups is 2. The van der Waals surface area contributed by atoms with Gasteiger partial charge >= 0.3 is 0 Å². The van der Waals surface area contributed by atoms with Gasteiger partial charge < -0.3 is 10.6 Å². The van der Waals surface area contributed by atoms with Gasteiger partial charge in [0.25, 0.3) is 16.8 Å². The van der Waals surface area contributed by atoms with Crippen molar-refractivity contribution in [2.75, 3.05) is 5.32 Å². The third-order valence-corrected chi connectivity index (χ3v) is 4.99. The number of rotatable bonds is 5. The fraction of sp³-hybridized carbons (Fsp3) is 0.200. The number of amides is 2. The van der Waals surface area contributed by atoms with Crippen LogP contribution in [0, 0.1) is 18.5 Å². The number of anilines is 1. The van der Waals surface area contributed by atoms with E-state index in [9.17, 15) is 9.59 Å². The van der Waals surface area contributed by atoms with E-state index in [1.54, 1.807) is 37.4 Å². The zero-order valence-electron chi connectivity index (χ0n) is 16.4. The molecule has 10 heteroatoms. The molecule has 156 valence electrons. The Bertz CT molecular complexity index is 1130. The molecule has 2 N–H and O–H groups in total. The van der Waals surface area contributed by atoms with Crippen LogP contribution in [0.15, 0.2) is 41.1 Å². The zero-order chi connectivity index (χ0) is 22.0. The highest BCUT2D eigenvalue weighted by Crippen LogP contribution is 2.27. The Morgan fingerprint density at radius 1 is 1.23 bits per heavy atom. The van der Waals surface area contributed by atoms with Crippen molar-refractivity contribution in [1.82, 2.24) is 20.1 Å². The van der Waals surface area contributed by atoms with Crippen molar-refractivity contribution in [2.24, 2.45) is 0 Å². The van der Waals surface area contributed by atoms with E-state index in [2.05, 4.69) is 36.6 Å². The molecule has 3 aromatic rings. The SMILES string of the molecule is Cc1cc(Cl)cc(C(=O)NC(C)C)c1NC(=O)c1cc(Br)nn1-c1ncccc1[ClH+]. The molecule has 0 spiro atoms. The summed E-state index contributed by atoms with van der Waals surface area (Å²) in [5, 5.41) is 10.8. The van der Waals surface area contributed by atoms with Crippen LogP contribution in [0.5, 0.6) is 0 Å². The van der Waals surface area contributed by atoms with Gasteiger partial charge in [0.2, 0.25) is 5.82 Å². The molecule has 2 heterocycles. The topological polar surface area (TPSA) is 88.9 Å². The van der Waals surface area contributed by atoms with Gasteiger partial charge in [0, 0.05) is 29.4 Å². The van der Waals surface area contributed by atoms with Crippen molar-refractivity contribution in [3.05, 3.63) is 68.0 Å². The molecule has 2 amide bonds. The fourth-order valence-electron chi connectivity index (χ4n) is 2.82. The summed E-state index contributed by atoms with van der Waals surface area (Å²) >= 11 is 14.8. The molecular formula is C20H19BrCl2N5O2+. The maximum Gasteiger partial charge on any atom is 0.274 e. The van der Waals surface area contributed by atoms with E-state index >= 15 is 0 Å². The molecular weight excluding hydrogens is 493 g/mol. The lowest BCUT2D eigenvalue weighted by atomic mass is 10.1. The standard InChI is InChI=1S/C20H18BrCl2N5O2/c1-10(2)25-19(29)13-8-12(22)7-11(3)17(13)26-20(30)15-9-16(21)27-28(15)18-14(23)5-4-6-24-18/h4-10,23H,1-3H3,(H-,25,26,29,30)/p+1. The molecule has 0 aliphatic carbocycles. The summed E-state index contributed by atoms with van der Waals surface area (Å²) in [6, 6.07) is 8.09. The Morgan fingerprint density at radius 3 is 2.63 bits per heavy atom. The van der Waals surface area contributed by atoms with Gasteiger partial charge in [0.15, 0.2) is 11.6 Å². The monoisotopic (exact) mass is 510 g/mol. The lowest BCUT2D eigenvalue weighted by Gasteiger charge is -2.16. The highest BCUT2D eigenvalue weighted by Gasteiger charge is 2.23. The maximum absolute atomic E-state index is 13.1. The van der Waals surface area contributed by atoms with Gasteiger partial charge in [-0.3, -0.25) is 9.59 Å². The minimum absolute atomic E-state index is 0.0765. The first-order chi connectivity index (χ1) is 14.2. The van der Waals surface area contributed by atoms with E-state index in [1.165, 1.54) is 10.7 Å². The van der Waals surface area contributed by atoms with Crippen LogP contribution >= 0.6 is 27.5 Å². The van der Waals surface area contributed by atoms with Crippen LogP contribution in [0.1, 0.15) is 40.3 Å². The number of benzene rings is 1. The molecule has 0 atom stereocenters. The molecule has 0 aliphatic heterocycles. The average Bonchev–Trinajstić information content (AvgIpc) is 3.05. The lowest BCUT2D eigenvalue weighted by Crippen LogP contribution is -2.31. The van der Waals surface area contributed by atoms with Crippen molar-refractivity contribution in [1.29, 1.82) is 0 Å². The van der Waals surface area contributed by atoms with Crippen LogP contribution in [0.25, 0.3) is 5.82 Å². The minimum atomic E-state index is -0.475. The fourth-order valence-corrected chi connectivity index (χ4v) is 3.69. The highest BCUT2D eigenvalue weighted by molar-refractivity contribution is 9.10. The summed E-state index contributed by atoms with van der Waals surface area (Å²) in [7, 11) is 0. The number of aryl methyl sites for hydroxylation is 1. The Kier molecular flexibility index (Phi) is 6.80. The predicted octanol–water partition coefficient (Wildman–Crippen LogP) is 4.08. The molecule has 0 saturated heterocycles. The summed E-state index contributed by atoms with van der Waals surface area (Å²) in [5.74, 6) is -0.454. The molecule has 30 heavy (non-hydrogen) atoms. The molecule has 0 aliphatic rings. The van der Waals surface area contributed by atoms with Gasteiger partial charge in [0.1, 0.15) is 10.3 Å². The van der Waals surface area contributed by atoms with E-state index in [0.29, 0.717) is 31.7 Å². The molecule has 0 fully saturated rings. The summed E-state index contributed by atoms with van der Waals surface area (Å²) < 4.78 is 1.80. The number of carbonyl (C=O) groups excluding carboxylic acids is 2. The summed E-state index contributed by atoms with van der Waals surface area (Å²) in [5.41, 5.74) is 1.49. The molecule has 1 aromatic carbocycles. The molecule has 0 saturated carbocycles. The number of nitrogens with one attached hydrogen (secondary N) is 2. The van der Waals surface area contributed by atoms with Gasteiger partial charge in [-0.15, -0.1) is 0 Å². The van der Waals surface area contributed by atoms with Crippen LogP contribution in [0.4, 0.5) is 5.69 Å². The first kappa shape index (κ1) is 22.3. The van der Waals surface area contributed by atoms with Crippen LogP contribution in [-0.4, -0.2) is 32.6 Å². The van der Waals surface area contributed by atoms with Crippen molar-refractivity contribution < 1.29 is 21.2 Å². The Morgan fingerprint density at radius 2 is 1.97 bits per heavy atom. The third kappa shape index (κ3) is 4.83. The van der Waals surface area contributed by atoms with E-state index in [1.807, 2.05) is 13.8 Å². The number of hydrogen-bond acceptors (Lipinski definition) is 4. The smallest absolute Gasteiger partial charge is 0.274 e. The quantitative estimate of drug-likeness (QED) is 0.540. The van der Waals surface area contributed by atoms with Crippen LogP contribution in [-0.2, 0) is 0 Å². The van der Waals surface area contributed by atoms with E-state index in [-0.39, 0.29) is 23.2 Å². The number of aromatic nitrogens is 3. The first-order valence-corrected chi connectivity index (χ1v) is 10.6. The highest BCUT2D eigenvalue weighted by atomic mass is 79.9. The minimum Gasteiger partial charge on any atom is -0.350 e. The molecule has 0 bridgehead atoms. The second-order valence-corrected chi connectivity index (χ2v) is 8.51. The molecule has 2 aromatic heterocycles. The van der Waals surface area contributed by atoms with Crippen molar-refractivity contribution >= 4 is 45.0 Å². The van der Waals surface area contributed by atoms with E-state index in [4.69, 9.17) is 23.2 Å². The van der Waals surface area contributed by atoms with Crippen molar-refractivity contribution in [3.8, 4) is 5.82 Å². The lowest BCUT2D eigenvalue weighted by molar-refractivity contribution is -0.289. The largest absolute Gasteiger partial charge is 0.350 e.